The third-order valence-electron chi connectivity index (χ3n) is 4.01. The molecule has 0 saturated heterocycles. The molecule has 1 aliphatic rings. The first-order valence-electron chi connectivity index (χ1n) is 7.01. The minimum Gasteiger partial charge on any atom is -0.361 e. The van der Waals surface area contributed by atoms with Crippen molar-refractivity contribution < 1.29 is 4.79 Å². The molecule has 0 aliphatic carbocycles. The van der Waals surface area contributed by atoms with Crippen molar-refractivity contribution in [3.05, 3.63) is 48.2 Å². The predicted molar refractivity (Wildman–Crippen MR) is 77.4 cm³/mol. The lowest BCUT2D eigenvalue weighted by atomic mass is 10.1. The van der Waals surface area contributed by atoms with Crippen LogP contribution in [0, 0.1) is 0 Å². The summed E-state index contributed by atoms with van der Waals surface area (Å²) >= 11 is 0. The second-order valence-electron chi connectivity index (χ2n) is 5.29. The summed E-state index contributed by atoms with van der Waals surface area (Å²) in [6, 6.07) is 8.05. The minimum atomic E-state index is 0.133. The number of hydrogen-bond donors (Lipinski definition) is 1. The highest BCUT2D eigenvalue weighted by atomic mass is 16.2. The minimum absolute atomic E-state index is 0.133. The van der Waals surface area contributed by atoms with Gasteiger partial charge in [-0.3, -0.25) is 4.79 Å². The highest BCUT2D eigenvalue weighted by Gasteiger charge is 2.22. The number of amides is 1. The molecule has 0 fully saturated rings. The standard InChI is InChI=1S/C15H15N5O/c21-15(19-5-6-20-10-17-18-14(20)9-19)7-11-8-16-13-4-2-1-3-12(11)13/h1-4,8,10,16H,5-7,9H2. The maximum Gasteiger partial charge on any atom is 0.227 e. The number of nitrogens with zero attached hydrogens (tertiary/aromatic N) is 4. The van der Waals surface area contributed by atoms with Gasteiger partial charge in [-0.2, -0.15) is 0 Å². The van der Waals surface area contributed by atoms with Gasteiger partial charge in [0, 0.05) is 30.2 Å². The molecule has 4 rings (SSSR count). The molecule has 6 nitrogen and oxygen atoms in total. The summed E-state index contributed by atoms with van der Waals surface area (Å²) in [5.74, 6) is 0.988. The van der Waals surface area contributed by atoms with E-state index in [0.717, 1.165) is 28.8 Å². The zero-order valence-electron chi connectivity index (χ0n) is 11.5. The fourth-order valence-corrected chi connectivity index (χ4v) is 2.83. The van der Waals surface area contributed by atoms with Gasteiger partial charge >= 0.3 is 0 Å². The fraction of sp³-hybridized carbons (Fsp3) is 0.267. The molecule has 3 aromatic rings. The lowest BCUT2D eigenvalue weighted by molar-refractivity contribution is -0.131. The van der Waals surface area contributed by atoms with Gasteiger partial charge in [-0.25, -0.2) is 0 Å². The lowest BCUT2D eigenvalue weighted by Crippen LogP contribution is -2.39. The highest BCUT2D eigenvalue weighted by molar-refractivity contribution is 5.88. The van der Waals surface area contributed by atoms with Crippen LogP contribution in [0.15, 0.2) is 36.8 Å². The van der Waals surface area contributed by atoms with Crippen molar-refractivity contribution in [1.29, 1.82) is 0 Å². The quantitative estimate of drug-likeness (QED) is 0.771. The maximum atomic E-state index is 12.5. The van der Waals surface area contributed by atoms with Crippen molar-refractivity contribution in [2.75, 3.05) is 6.54 Å². The number of aromatic nitrogens is 4. The van der Waals surface area contributed by atoms with E-state index in [4.69, 9.17) is 0 Å². The summed E-state index contributed by atoms with van der Waals surface area (Å²) in [5.41, 5.74) is 2.11. The topological polar surface area (TPSA) is 66.8 Å². The molecule has 0 unspecified atom stereocenters. The summed E-state index contributed by atoms with van der Waals surface area (Å²) in [7, 11) is 0. The first-order valence-corrected chi connectivity index (χ1v) is 7.01. The number of para-hydroxylation sites is 1. The van der Waals surface area contributed by atoms with E-state index in [1.165, 1.54) is 0 Å². The molecule has 0 bridgehead atoms. The summed E-state index contributed by atoms with van der Waals surface area (Å²) < 4.78 is 2.00. The predicted octanol–water partition coefficient (Wildman–Crippen LogP) is 1.34. The van der Waals surface area contributed by atoms with Crippen molar-refractivity contribution in [2.24, 2.45) is 0 Å². The van der Waals surface area contributed by atoms with Crippen molar-refractivity contribution in [2.45, 2.75) is 19.5 Å². The molecule has 1 aliphatic heterocycles. The van der Waals surface area contributed by atoms with Gasteiger partial charge in [0.1, 0.15) is 6.33 Å². The number of carbonyl (C=O) groups is 1. The van der Waals surface area contributed by atoms with Gasteiger partial charge in [0.2, 0.25) is 5.91 Å². The summed E-state index contributed by atoms with van der Waals surface area (Å²) in [4.78, 5) is 17.6. The Balaban J connectivity index is 1.54. The lowest BCUT2D eigenvalue weighted by Gasteiger charge is -2.27. The number of rotatable bonds is 2. The molecule has 106 valence electrons. The Kier molecular flexibility index (Phi) is 2.73. The SMILES string of the molecule is O=C(Cc1c[nH]c2ccccc12)N1CCn2cnnc2C1. The Morgan fingerprint density at radius 2 is 2.19 bits per heavy atom. The highest BCUT2D eigenvalue weighted by Crippen LogP contribution is 2.19. The van der Waals surface area contributed by atoms with Crippen molar-refractivity contribution in [1.82, 2.24) is 24.6 Å². The molecule has 3 heterocycles. The van der Waals surface area contributed by atoms with Crippen LogP contribution in [0.5, 0.6) is 0 Å². The largest absolute Gasteiger partial charge is 0.361 e. The number of benzene rings is 1. The number of hydrogen-bond acceptors (Lipinski definition) is 3. The second-order valence-corrected chi connectivity index (χ2v) is 5.29. The molecule has 1 aromatic carbocycles. The van der Waals surface area contributed by atoms with Crippen LogP contribution in [0.1, 0.15) is 11.4 Å². The normalized spacial score (nSPS) is 14.4. The van der Waals surface area contributed by atoms with Crippen LogP contribution in [0.4, 0.5) is 0 Å². The molecule has 0 radical (unpaired) electrons. The Bertz CT molecular complexity index is 803. The van der Waals surface area contributed by atoms with Gasteiger partial charge in [-0.15, -0.1) is 10.2 Å². The van der Waals surface area contributed by atoms with E-state index in [1.54, 1.807) is 6.33 Å². The van der Waals surface area contributed by atoms with Gasteiger partial charge in [-0.1, -0.05) is 18.2 Å². The number of nitrogens with one attached hydrogen (secondary N) is 1. The Morgan fingerprint density at radius 3 is 3.14 bits per heavy atom. The average molecular weight is 281 g/mol. The van der Waals surface area contributed by atoms with E-state index >= 15 is 0 Å². The Labute approximate surface area is 121 Å². The molecule has 1 N–H and O–H groups in total. The van der Waals surface area contributed by atoms with E-state index in [0.29, 0.717) is 19.5 Å². The molecular weight excluding hydrogens is 266 g/mol. The number of H-pyrrole nitrogens is 1. The summed E-state index contributed by atoms with van der Waals surface area (Å²) in [6.07, 6.45) is 4.06. The van der Waals surface area contributed by atoms with Gasteiger partial charge in [0.15, 0.2) is 5.82 Å². The molecule has 2 aromatic heterocycles. The zero-order valence-corrected chi connectivity index (χ0v) is 11.5. The monoisotopic (exact) mass is 281 g/mol. The molecule has 21 heavy (non-hydrogen) atoms. The van der Waals surface area contributed by atoms with Crippen molar-refractivity contribution in [3.63, 3.8) is 0 Å². The van der Waals surface area contributed by atoms with Crippen LogP contribution in [-0.2, 0) is 24.3 Å². The fourth-order valence-electron chi connectivity index (χ4n) is 2.83. The van der Waals surface area contributed by atoms with Crippen molar-refractivity contribution >= 4 is 16.8 Å². The van der Waals surface area contributed by atoms with Crippen molar-refractivity contribution in [3.8, 4) is 0 Å². The van der Waals surface area contributed by atoms with Gasteiger partial charge < -0.3 is 14.5 Å². The first kappa shape index (κ1) is 12.1. The van der Waals surface area contributed by atoms with Gasteiger partial charge in [0.05, 0.1) is 13.0 Å². The first-order chi connectivity index (χ1) is 10.3. The van der Waals surface area contributed by atoms with Crippen LogP contribution < -0.4 is 0 Å². The van der Waals surface area contributed by atoms with E-state index in [9.17, 15) is 4.79 Å². The summed E-state index contributed by atoms with van der Waals surface area (Å²) in [6.45, 7) is 2.02. The molecule has 1 amide bonds. The third-order valence-corrected chi connectivity index (χ3v) is 4.01. The van der Waals surface area contributed by atoms with Crippen LogP contribution >= 0.6 is 0 Å². The Hall–Kier alpha value is -2.63. The van der Waals surface area contributed by atoms with Crippen LogP contribution in [-0.4, -0.2) is 37.1 Å². The average Bonchev–Trinajstić information content (AvgIpc) is 3.13. The molecule has 0 saturated carbocycles. The van der Waals surface area contributed by atoms with Gasteiger partial charge in [-0.05, 0) is 11.6 Å². The van der Waals surface area contributed by atoms with E-state index in [2.05, 4.69) is 15.2 Å². The van der Waals surface area contributed by atoms with Gasteiger partial charge in [0.25, 0.3) is 0 Å². The van der Waals surface area contributed by atoms with E-state index in [-0.39, 0.29) is 5.91 Å². The smallest absolute Gasteiger partial charge is 0.227 e. The number of fused-ring (bicyclic) bond motifs is 2. The second kappa shape index (κ2) is 4.73. The summed E-state index contributed by atoms with van der Waals surface area (Å²) in [5, 5.41) is 9.05. The molecule has 0 atom stereocenters. The molecule has 6 heteroatoms. The number of carbonyl (C=O) groups excluding carboxylic acids is 1. The maximum absolute atomic E-state index is 12.5. The molecular formula is C15H15N5O. The van der Waals surface area contributed by atoms with Crippen LogP contribution in [0.25, 0.3) is 10.9 Å². The van der Waals surface area contributed by atoms with Crippen LogP contribution in [0.3, 0.4) is 0 Å². The van der Waals surface area contributed by atoms with Crippen LogP contribution in [0.2, 0.25) is 0 Å². The zero-order chi connectivity index (χ0) is 14.2. The number of aromatic amines is 1. The van der Waals surface area contributed by atoms with E-state index in [1.807, 2.05) is 39.9 Å². The molecule has 0 spiro atoms. The Morgan fingerprint density at radius 1 is 1.29 bits per heavy atom. The third kappa shape index (κ3) is 2.08. The van der Waals surface area contributed by atoms with E-state index < -0.39 is 0 Å².